The van der Waals surface area contributed by atoms with Crippen molar-refractivity contribution in [2.75, 3.05) is 0 Å². The molecule has 1 aromatic rings. The fourth-order valence-electron chi connectivity index (χ4n) is 2.80. The highest BCUT2D eigenvalue weighted by Gasteiger charge is 2.27. The van der Waals surface area contributed by atoms with Crippen LogP contribution in [-0.2, 0) is 4.79 Å². The van der Waals surface area contributed by atoms with E-state index < -0.39 is 0 Å². The van der Waals surface area contributed by atoms with Gasteiger partial charge in [0, 0.05) is 16.6 Å². The maximum absolute atomic E-state index is 12.0. The zero-order valence-electron chi connectivity index (χ0n) is 12.1. The molecule has 0 heterocycles. The number of hydrogen-bond acceptors (Lipinski definition) is 1. The van der Waals surface area contributed by atoms with Gasteiger partial charge in [0.25, 0.3) is 0 Å². The Bertz CT molecular complexity index is 498. The van der Waals surface area contributed by atoms with Crippen molar-refractivity contribution in [2.24, 2.45) is 11.8 Å². The Labute approximate surface area is 129 Å². The summed E-state index contributed by atoms with van der Waals surface area (Å²) in [5, 5.41) is 3.15. The molecule has 3 heteroatoms. The molecule has 0 bridgehead atoms. The number of benzene rings is 1. The van der Waals surface area contributed by atoms with Crippen molar-refractivity contribution in [1.29, 1.82) is 0 Å². The molecule has 3 atom stereocenters. The molecule has 1 saturated carbocycles. The number of nitrogens with one attached hydrogen (secondary N) is 1. The monoisotopic (exact) mass is 335 g/mol. The second-order valence-electron chi connectivity index (χ2n) is 5.77. The second-order valence-corrected chi connectivity index (χ2v) is 6.69. The van der Waals surface area contributed by atoms with Crippen molar-refractivity contribution in [3.05, 3.63) is 40.4 Å². The Morgan fingerprint density at radius 2 is 2.15 bits per heavy atom. The minimum absolute atomic E-state index is 0.0101. The largest absolute Gasteiger partial charge is 0.350 e. The van der Waals surface area contributed by atoms with Crippen LogP contribution < -0.4 is 5.32 Å². The maximum Gasteiger partial charge on any atom is 0.244 e. The first kappa shape index (κ1) is 15.3. The van der Waals surface area contributed by atoms with Crippen LogP contribution in [0.4, 0.5) is 0 Å². The summed E-state index contributed by atoms with van der Waals surface area (Å²) < 4.78 is 1.02. The molecule has 1 amide bonds. The molecule has 2 rings (SSSR count). The van der Waals surface area contributed by atoms with Gasteiger partial charge in [-0.05, 0) is 42.0 Å². The van der Waals surface area contributed by atoms with Gasteiger partial charge < -0.3 is 5.32 Å². The Kier molecular flexibility index (Phi) is 5.41. The highest BCUT2D eigenvalue weighted by Crippen LogP contribution is 2.29. The molecule has 0 aromatic heterocycles. The van der Waals surface area contributed by atoms with Crippen LogP contribution in [0, 0.1) is 11.8 Å². The number of carbonyl (C=O) groups is 1. The van der Waals surface area contributed by atoms with Crippen molar-refractivity contribution in [1.82, 2.24) is 5.32 Å². The molecule has 1 aliphatic carbocycles. The van der Waals surface area contributed by atoms with Gasteiger partial charge in [-0.1, -0.05) is 54.8 Å². The Hall–Kier alpha value is -1.09. The summed E-state index contributed by atoms with van der Waals surface area (Å²) >= 11 is 3.43. The lowest BCUT2D eigenvalue weighted by atomic mass is 9.78. The highest BCUT2D eigenvalue weighted by atomic mass is 79.9. The molecular weight excluding hydrogens is 314 g/mol. The van der Waals surface area contributed by atoms with Gasteiger partial charge in [-0.3, -0.25) is 4.79 Å². The molecule has 0 saturated heterocycles. The number of carbonyl (C=O) groups excluding carboxylic acids is 1. The van der Waals surface area contributed by atoms with E-state index in [9.17, 15) is 4.79 Å². The summed E-state index contributed by atoms with van der Waals surface area (Å²) in [6.45, 7) is 4.52. The summed E-state index contributed by atoms with van der Waals surface area (Å²) in [5.74, 6) is 1.27. The minimum Gasteiger partial charge on any atom is -0.350 e. The van der Waals surface area contributed by atoms with Crippen LogP contribution in [-0.4, -0.2) is 11.9 Å². The van der Waals surface area contributed by atoms with Gasteiger partial charge in [0.1, 0.15) is 0 Å². The van der Waals surface area contributed by atoms with Gasteiger partial charge in [-0.2, -0.15) is 0 Å². The van der Waals surface area contributed by atoms with Crippen molar-refractivity contribution in [3.8, 4) is 0 Å². The third-order valence-electron chi connectivity index (χ3n) is 4.31. The van der Waals surface area contributed by atoms with Gasteiger partial charge in [-0.15, -0.1) is 0 Å². The van der Waals surface area contributed by atoms with Crippen molar-refractivity contribution < 1.29 is 4.79 Å². The molecule has 0 radical (unpaired) electrons. The number of amides is 1. The first-order chi connectivity index (χ1) is 9.56. The average Bonchev–Trinajstić information content (AvgIpc) is 2.42. The molecule has 2 nitrogen and oxygen atoms in total. The van der Waals surface area contributed by atoms with Crippen LogP contribution in [0.2, 0.25) is 0 Å². The third kappa shape index (κ3) is 4.20. The molecule has 20 heavy (non-hydrogen) atoms. The predicted molar refractivity (Wildman–Crippen MR) is 87.3 cm³/mol. The number of hydrogen-bond donors (Lipinski definition) is 1. The summed E-state index contributed by atoms with van der Waals surface area (Å²) in [5.41, 5.74) is 1.03. The van der Waals surface area contributed by atoms with E-state index >= 15 is 0 Å². The van der Waals surface area contributed by atoms with E-state index in [0.717, 1.165) is 16.5 Å². The predicted octanol–water partition coefficient (Wildman–Crippen LogP) is 4.40. The zero-order valence-corrected chi connectivity index (χ0v) is 13.7. The summed E-state index contributed by atoms with van der Waals surface area (Å²) in [4.78, 5) is 12.0. The van der Waals surface area contributed by atoms with Crippen molar-refractivity contribution in [3.63, 3.8) is 0 Å². The van der Waals surface area contributed by atoms with E-state index in [4.69, 9.17) is 0 Å². The molecule has 1 aliphatic rings. The second kappa shape index (κ2) is 7.07. The highest BCUT2D eigenvalue weighted by molar-refractivity contribution is 9.10. The van der Waals surface area contributed by atoms with Gasteiger partial charge in [-0.25, -0.2) is 0 Å². The maximum atomic E-state index is 12.0. The molecule has 0 unspecified atom stereocenters. The summed E-state index contributed by atoms with van der Waals surface area (Å²) in [6, 6.07) is 8.24. The minimum atomic E-state index is 0.0101. The Balaban J connectivity index is 1.92. The SMILES string of the molecule is C[C@@H]1[C@H](C)CCC[C@@H]1NC(=O)/C=C/c1cccc(Br)c1. The summed E-state index contributed by atoms with van der Waals surface area (Å²) in [6.07, 6.45) is 7.08. The quantitative estimate of drug-likeness (QED) is 0.814. The first-order valence-corrected chi connectivity index (χ1v) is 8.09. The molecular formula is C17H22BrNO. The van der Waals surface area contributed by atoms with E-state index in [1.54, 1.807) is 6.08 Å². The topological polar surface area (TPSA) is 29.1 Å². The Morgan fingerprint density at radius 3 is 2.90 bits per heavy atom. The van der Waals surface area contributed by atoms with E-state index in [0.29, 0.717) is 17.9 Å². The molecule has 1 fully saturated rings. The normalized spacial score (nSPS) is 26.6. The van der Waals surface area contributed by atoms with Gasteiger partial charge in [0.2, 0.25) is 5.91 Å². The van der Waals surface area contributed by atoms with E-state index in [2.05, 4.69) is 35.1 Å². The number of halogens is 1. The molecule has 0 aliphatic heterocycles. The average molecular weight is 336 g/mol. The van der Waals surface area contributed by atoms with E-state index in [1.807, 2.05) is 30.3 Å². The van der Waals surface area contributed by atoms with Crippen LogP contribution in [0.25, 0.3) is 6.08 Å². The van der Waals surface area contributed by atoms with Crippen LogP contribution in [0.15, 0.2) is 34.8 Å². The smallest absolute Gasteiger partial charge is 0.244 e. The molecule has 1 N–H and O–H groups in total. The van der Waals surface area contributed by atoms with Gasteiger partial charge in [0.05, 0.1) is 0 Å². The van der Waals surface area contributed by atoms with Crippen LogP contribution >= 0.6 is 15.9 Å². The van der Waals surface area contributed by atoms with Crippen LogP contribution in [0.5, 0.6) is 0 Å². The third-order valence-corrected chi connectivity index (χ3v) is 4.80. The molecule has 1 aromatic carbocycles. The lowest BCUT2D eigenvalue weighted by Gasteiger charge is -2.34. The van der Waals surface area contributed by atoms with Crippen molar-refractivity contribution in [2.45, 2.75) is 39.2 Å². The molecule has 0 spiro atoms. The van der Waals surface area contributed by atoms with E-state index in [-0.39, 0.29) is 5.91 Å². The lowest BCUT2D eigenvalue weighted by Crippen LogP contribution is -2.43. The zero-order chi connectivity index (χ0) is 14.5. The van der Waals surface area contributed by atoms with Crippen LogP contribution in [0.3, 0.4) is 0 Å². The van der Waals surface area contributed by atoms with Crippen LogP contribution in [0.1, 0.15) is 38.7 Å². The standard InChI is InChI=1S/C17H22BrNO/c1-12-5-3-8-16(13(12)2)19-17(20)10-9-14-6-4-7-15(18)11-14/h4,6-7,9-13,16H,3,5,8H2,1-2H3,(H,19,20)/b10-9+/t12-,13-,16+/m1/s1. The fourth-order valence-corrected chi connectivity index (χ4v) is 3.22. The Morgan fingerprint density at radius 1 is 1.35 bits per heavy atom. The van der Waals surface area contributed by atoms with E-state index in [1.165, 1.54) is 12.8 Å². The first-order valence-electron chi connectivity index (χ1n) is 7.30. The lowest BCUT2D eigenvalue weighted by molar-refractivity contribution is -0.117. The fraction of sp³-hybridized carbons (Fsp3) is 0.471. The van der Waals surface area contributed by atoms with Crippen molar-refractivity contribution >= 4 is 27.9 Å². The number of rotatable bonds is 3. The van der Waals surface area contributed by atoms with Gasteiger partial charge in [0.15, 0.2) is 0 Å². The van der Waals surface area contributed by atoms with Gasteiger partial charge >= 0.3 is 0 Å². The molecule has 108 valence electrons. The summed E-state index contributed by atoms with van der Waals surface area (Å²) in [7, 11) is 0.